The Bertz CT molecular complexity index is 1130. The van der Waals surface area contributed by atoms with Crippen molar-refractivity contribution in [3.8, 4) is 0 Å². The Hall–Kier alpha value is -2.21. The number of aromatic nitrogens is 1. The van der Waals surface area contributed by atoms with Gasteiger partial charge in [0.15, 0.2) is 5.13 Å². The second kappa shape index (κ2) is 8.27. The normalized spacial score (nSPS) is 14.9. The molecule has 8 nitrogen and oxygen atoms in total. The van der Waals surface area contributed by atoms with Crippen LogP contribution in [0.25, 0.3) is 10.2 Å². The molecule has 4 rings (SSSR count). The first kappa shape index (κ1) is 20.1. The number of nitrogens with one attached hydrogen (secondary N) is 2. The van der Waals surface area contributed by atoms with E-state index in [-0.39, 0.29) is 10.1 Å². The fraction of sp³-hybridized carbons (Fsp3) is 0.333. The van der Waals surface area contributed by atoms with Crippen LogP contribution in [0, 0.1) is 0 Å². The molecule has 0 bridgehead atoms. The molecule has 3 heterocycles. The van der Waals surface area contributed by atoms with Crippen LogP contribution in [0.2, 0.25) is 0 Å². The first-order valence-corrected chi connectivity index (χ1v) is 12.1. The number of thiazole rings is 1. The molecule has 1 aliphatic rings. The van der Waals surface area contributed by atoms with E-state index in [1.54, 1.807) is 35.6 Å². The van der Waals surface area contributed by atoms with Gasteiger partial charge in [0.05, 0.1) is 35.7 Å². The molecule has 2 aromatic heterocycles. The van der Waals surface area contributed by atoms with Gasteiger partial charge < -0.3 is 15.0 Å². The van der Waals surface area contributed by atoms with Crippen LogP contribution in [0.4, 0.5) is 10.8 Å². The van der Waals surface area contributed by atoms with Gasteiger partial charge in [0.2, 0.25) is 5.91 Å². The van der Waals surface area contributed by atoms with E-state index < -0.39 is 10.0 Å². The largest absolute Gasteiger partial charge is 0.378 e. The molecule has 0 spiro atoms. The highest BCUT2D eigenvalue weighted by atomic mass is 32.2. The van der Waals surface area contributed by atoms with Crippen molar-refractivity contribution < 1.29 is 17.9 Å². The number of benzene rings is 1. The number of anilines is 2. The molecule has 0 unspecified atom stereocenters. The summed E-state index contributed by atoms with van der Waals surface area (Å²) in [5.41, 5.74) is 1.33. The standard InChI is InChI=1S/C18H20N4O4S3/c1-12(23)19-11-14-3-5-17(27-14)29(24,25)21-13-2-4-15-16(10-13)28-18(20-15)22-6-8-26-9-7-22/h2-5,10,21H,6-9,11H2,1H3,(H,19,23). The van der Waals surface area contributed by atoms with Crippen molar-refractivity contribution in [3.63, 3.8) is 0 Å². The SMILES string of the molecule is CC(=O)NCc1ccc(S(=O)(=O)Nc2ccc3nc(N4CCOCC4)sc3c2)s1. The number of hydrogen-bond donors (Lipinski definition) is 2. The summed E-state index contributed by atoms with van der Waals surface area (Å²) in [5.74, 6) is -0.157. The minimum absolute atomic E-state index is 0.157. The summed E-state index contributed by atoms with van der Waals surface area (Å²) in [6.07, 6.45) is 0. The minimum atomic E-state index is -3.70. The van der Waals surface area contributed by atoms with E-state index in [2.05, 4.69) is 19.9 Å². The van der Waals surface area contributed by atoms with Crippen LogP contribution in [-0.4, -0.2) is 45.6 Å². The molecule has 0 atom stereocenters. The Kier molecular flexibility index (Phi) is 5.72. The van der Waals surface area contributed by atoms with Crippen LogP contribution in [0.15, 0.2) is 34.5 Å². The highest BCUT2D eigenvalue weighted by molar-refractivity contribution is 7.94. The predicted molar refractivity (Wildman–Crippen MR) is 115 cm³/mol. The number of fused-ring (bicyclic) bond motifs is 1. The zero-order valence-electron chi connectivity index (χ0n) is 15.7. The second-order valence-corrected chi connectivity index (χ2v) is 10.6. The topological polar surface area (TPSA) is 101 Å². The lowest BCUT2D eigenvalue weighted by Gasteiger charge is -2.25. The number of sulfonamides is 1. The molecule has 1 fully saturated rings. The number of nitrogens with zero attached hydrogens (tertiary/aromatic N) is 2. The molecule has 1 aliphatic heterocycles. The summed E-state index contributed by atoms with van der Waals surface area (Å²) in [6.45, 7) is 4.72. The quantitative estimate of drug-likeness (QED) is 0.596. The molecule has 1 saturated heterocycles. The molecule has 0 radical (unpaired) electrons. The predicted octanol–water partition coefficient (Wildman–Crippen LogP) is 2.63. The van der Waals surface area contributed by atoms with Gasteiger partial charge in [0.1, 0.15) is 4.21 Å². The van der Waals surface area contributed by atoms with Crippen molar-refractivity contribution in [1.82, 2.24) is 10.3 Å². The van der Waals surface area contributed by atoms with Gasteiger partial charge in [-0.1, -0.05) is 11.3 Å². The molecular formula is C18H20N4O4S3. The second-order valence-electron chi connectivity index (χ2n) is 6.51. The number of rotatable bonds is 6. The van der Waals surface area contributed by atoms with E-state index in [1.165, 1.54) is 6.92 Å². The lowest BCUT2D eigenvalue weighted by Crippen LogP contribution is -2.36. The molecule has 0 saturated carbocycles. The third kappa shape index (κ3) is 4.69. The van der Waals surface area contributed by atoms with Crippen molar-refractivity contribution in [2.24, 2.45) is 0 Å². The lowest BCUT2D eigenvalue weighted by atomic mass is 10.3. The van der Waals surface area contributed by atoms with Crippen LogP contribution < -0.4 is 14.9 Å². The summed E-state index contributed by atoms with van der Waals surface area (Å²) in [7, 11) is -3.70. The van der Waals surface area contributed by atoms with Crippen LogP contribution >= 0.6 is 22.7 Å². The van der Waals surface area contributed by atoms with E-state index in [9.17, 15) is 13.2 Å². The summed E-state index contributed by atoms with van der Waals surface area (Å²) >= 11 is 2.67. The van der Waals surface area contributed by atoms with Gasteiger partial charge in [0, 0.05) is 24.9 Å². The lowest BCUT2D eigenvalue weighted by molar-refractivity contribution is -0.119. The number of hydrogen-bond acceptors (Lipinski definition) is 8. The van der Waals surface area contributed by atoms with E-state index in [0.29, 0.717) is 25.4 Å². The van der Waals surface area contributed by atoms with Crippen LogP contribution in [0.1, 0.15) is 11.8 Å². The summed E-state index contributed by atoms with van der Waals surface area (Å²) in [4.78, 5) is 18.6. The molecule has 1 aromatic carbocycles. The van der Waals surface area contributed by atoms with E-state index in [1.807, 2.05) is 6.07 Å². The van der Waals surface area contributed by atoms with Crippen LogP contribution in [-0.2, 0) is 26.1 Å². The number of thiophene rings is 1. The van der Waals surface area contributed by atoms with Gasteiger partial charge in [-0.3, -0.25) is 9.52 Å². The van der Waals surface area contributed by atoms with Crippen LogP contribution in [0.3, 0.4) is 0 Å². The summed E-state index contributed by atoms with van der Waals surface area (Å²) < 4.78 is 34.6. The Balaban J connectivity index is 1.51. The third-order valence-electron chi connectivity index (χ3n) is 4.32. The molecule has 154 valence electrons. The maximum atomic E-state index is 12.7. The van der Waals surface area contributed by atoms with Gasteiger partial charge in [0.25, 0.3) is 10.0 Å². The fourth-order valence-electron chi connectivity index (χ4n) is 2.88. The number of morpholine rings is 1. The smallest absolute Gasteiger partial charge is 0.271 e. The number of carbonyl (C=O) groups is 1. The molecule has 29 heavy (non-hydrogen) atoms. The zero-order chi connectivity index (χ0) is 20.4. The maximum absolute atomic E-state index is 12.7. The maximum Gasteiger partial charge on any atom is 0.271 e. The fourth-order valence-corrected chi connectivity index (χ4v) is 6.28. The Morgan fingerprint density at radius 1 is 1.21 bits per heavy atom. The zero-order valence-corrected chi connectivity index (χ0v) is 18.1. The third-order valence-corrected chi connectivity index (χ3v) is 8.36. The Morgan fingerprint density at radius 3 is 2.76 bits per heavy atom. The average Bonchev–Trinajstić information content (AvgIpc) is 3.34. The molecule has 2 N–H and O–H groups in total. The number of ether oxygens (including phenoxy) is 1. The van der Waals surface area contributed by atoms with Gasteiger partial charge in [-0.2, -0.15) is 0 Å². The molecule has 11 heteroatoms. The first-order chi connectivity index (χ1) is 13.9. The monoisotopic (exact) mass is 452 g/mol. The van der Waals surface area contributed by atoms with Crippen LogP contribution in [0.5, 0.6) is 0 Å². The van der Waals surface area contributed by atoms with E-state index >= 15 is 0 Å². The molecular weight excluding hydrogens is 432 g/mol. The van der Waals surface area contributed by atoms with Gasteiger partial charge >= 0.3 is 0 Å². The summed E-state index contributed by atoms with van der Waals surface area (Å²) in [6, 6.07) is 8.60. The van der Waals surface area contributed by atoms with Crippen molar-refractivity contribution in [2.45, 2.75) is 17.7 Å². The minimum Gasteiger partial charge on any atom is -0.378 e. The highest BCUT2D eigenvalue weighted by Crippen LogP contribution is 2.32. The van der Waals surface area contributed by atoms with Crippen molar-refractivity contribution in [3.05, 3.63) is 35.2 Å². The molecule has 1 amide bonds. The van der Waals surface area contributed by atoms with E-state index in [4.69, 9.17) is 4.74 Å². The van der Waals surface area contributed by atoms with E-state index in [0.717, 1.165) is 44.7 Å². The number of carbonyl (C=O) groups excluding carboxylic acids is 1. The van der Waals surface area contributed by atoms with Gasteiger partial charge in [-0.15, -0.1) is 11.3 Å². The van der Waals surface area contributed by atoms with Crippen molar-refractivity contribution in [1.29, 1.82) is 0 Å². The molecule has 3 aromatic rings. The summed E-state index contributed by atoms with van der Waals surface area (Å²) in [5, 5.41) is 3.59. The highest BCUT2D eigenvalue weighted by Gasteiger charge is 2.19. The van der Waals surface area contributed by atoms with Gasteiger partial charge in [-0.25, -0.2) is 13.4 Å². The molecule has 0 aliphatic carbocycles. The number of amides is 1. The van der Waals surface area contributed by atoms with Gasteiger partial charge in [-0.05, 0) is 30.3 Å². The van der Waals surface area contributed by atoms with Crippen molar-refractivity contribution >= 4 is 59.6 Å². The average molecular weight is 453 g/mol. The Labute approximate surface area is 176 Å². The first-order valence-electron chi connectivity index (χ1n) is 9.00. The Morgan fingerprint density at radius 2 is 2.00 bits per heavy atom. The van der Waals surface area contributed by atoms with Crippen molar-refractivity contribution in [2.75, 3.05) is 35.9 Å².